The van der Waals surface area contributed by atoms with Crippen LogP contribution in [0.1, 0.15) is 30.4 Å². The number of benzene rings is 2. The fourth-order valence-corrected chi connectivity index (χ4v) is 4.59. The van der Waals surface area contributed by atoms with Crippen LogP contribution >= 0.6 is 0 Å². The van der Waals surface area contributed by atoms with Crippen LogP contribution in [0, 0.1) is 5.41 Å². The number of piperidine rings is 1. The van der Waals surface area contributed by atoms with Gasteiger partial charge in [-0.25, -0.2) is 0 Å². The van der Waals surface area contributed by atoms with E-state index in [0.29, 0.717) is 26.1 Å². The maximum absolute atomic E-state index is 12.9. The Morgan fingerprint density at radius 3 is 1.97 bits per heavy atom. The van der Waals surface area contributed by atoms with Crippen molar-refractivity contribution in [2.75, 3.05) is 33.9 Å². The summed E-state index contributed by atoms with van der Waals surface area (Å²) in [6.45, 7) is 2.76. The van der Waals surface area contributed by atoms with Gasteiger partial charge in [-0.1, -0.05) is 24.3 Å². The van der Waals surface area contributed by atoms with Gasteiger partial charge in [-0.05, 0) is 54.7 Å². The molecule has 31 heavy (non-hydrogen) atoms. The number of hydrogen-bond acceptors (Lipinski definition) is 4. The zero-order chi connectivity index (χ0) is 21.8. The third-order valence-corrected chi connectivity index (χ3v) is 6.63. The molecule has 2 fully saturated rings. The van der Waals surface area contributed by atoms with Gasteiger partial charge in [0.2, 0.25) is 11.8 Å². The highest BCUT2D eigenvalue weighted by atomic mass is 16.5. The molecule has 2 heterocycles. The zero-order valence-corrected chi connectivity index (χ0v) is 18.3. The molecule has 0 saturated carbocycles. The van der Waals surface area contributed by atoms with Gasteiger partial charge in [-0.3, -0.25) is 9.59 Å². The van der Waals surface area contributed by atoms with E-state index in [-0.39, 0.29) is 17.2 Å². The summed E-state index contributed by atoms with van der Waals surface area (Å²) >= 11 is 0. The molecular formula is C25H30N2O4. The molecule has 0 N–H and O–H groups in total. The molecule has 0 aliphatic carbocycles. The SMILES string of the molecule is COc1ccc(CCC(=O)N2CCC3(CC2)CN(Cc2ccc(OC)cc2)C3=O)cc1. The number of aryl methyl sites for hydroxylation is 1. The number of likely N-dealkylation sites (tertiary alicyclic amines) is 2. The van der Waals surface area contributed by atoms with Crippen LogP contribution < -0.4 is 9.47 Å². The molecule has 6 nitrogen and oxygen atoms in total. The second-order valence-corrected chi connectivity index (χ2v) is 8.52. The molecule has 2 aliphatic rings. The minimum Gasteiger partial charge on any atom is -0.497 e. The predicted octanol–water partition coefficient (Wildman–Crippen LogP) is 3.29. The normalized spacial score (nSPS) is 17.4. The first-order valence-electron chi connectivity index (χ1n) is 10.9. The second kappa shape index (κ2) is 9.00. The van der Waals surface area contributed by atoms with Crippen molar-refractivity contribution in [2.24, 2.45) is 5.41 Å². The van der Waals surface area contributed by atoms with Crippen LogP contribution in [0.3, 0.4) is 0 Å². The Morgan fingerprint density at radius 2 is 1.45 bits per heavy atom. The molecule has 0 bridgehead atoms. The maximum atomic E-state index is 12.9. The first kappa shape index (κ1) is 21.2. The minimum atomic E-state index is -0.265. The first-order chi connectivity index (χ1) is 15.0. The molecule has 2 aromatic carbocycles. The molecule has 0 aromatic heterocycles. The Morgan fingerprint density at radius 1 is 0.903 bits per heavy atom. The number of nitrogens with zero attached hydrogens (tertiary/aromatic N) is 2. The Balaban J connectivity index is 1.23. The van der Waals surface area contributed by atoms with E-state index >= 15 is 0 Å². The third kappa shape index (κ3) is 4.53. The zero-order valence-electron chi connectivity index (χ0n) is 18.3. The molecule has 0 atom stereocenters. The van der Waals surface area contributed by atoms with Crippen molar-refractivity contribution in [1.29, 1.82) is 0 Å². The number of carbonyl (C=O) groups excluding carboxylic acids is 2. The van der Waals surface area contributed by atoms with Crippen molar-refractivity contribution >= 4 is 11.8 Å². The van der Waals surface area contributed by atoms with Gasteiger partial charge in [-0.15, -0.1) is 0 Å². The van der Waals surface area contributed by atoms with Crippen LogP contribution in [0.25, 0.3) is 0 Å². The summed E-state index contributed by atoms with van der Waals surface area (Å²) < 4.78 is 10.4. The number of amides is 2. The summed E-state index contributed by atoms with van der Waals surface area (Å²) in [5.74, 6) is 2.04. The lowest BCUT2D eigenvalue weighted by atomic mass is 9.71. The van der Waals surface area contributed by atoms with E-state index in [1.54, 1.807) is 14.2 Å². The summed E-state index contributed by atoms with van der Waals surface area (Å²) in [6.07, 6.45) is 2.74. The average molecular weight is 423 g/mol. The quantitative estimate of drug-likeness (QED) is 0.643. The summed E-state index contributed by atoms with van der Waals surface area (Å²) in [4.78, 5) is 29.4. The first-order valence-corrected chi connectivity index (χ1v) is 10.9. The number of carbonyl (C=O) groups is 2. The standard InChI is InChI=1S/C25H30N2O4/c1-30-21-8-3-19(4-9-21)7-12-23(28)26-15-13-25(14-16-26)18-27(24(25)29)17-20-5-10-22(31-2)11-6-20/h3-6,8-11H,7,12-18H2,1-2H3. The van der Waals surface area contributed by atoms with Crippen molar-refractivity contribution in [3.63, 3.8) is 0 Å². The van der Waals surface area contributed by atoms with Gasteiger partial charge in [0.05, 0.1) is 19.6 Å². The molecule has 2 saturated heterocycles. The lowest BCUT2D eigenvalue weighted by Crippen LogP contribution is -2.64. The molecular weight excluding hydrogens is 392 g/mol. The summed E-state index contributed by atoms with van der Waals surface area (Å²) in [7, 11) is 3.29. The number of hydrogen-bond donors (Lipinski definition) is 0. The van der Waals surface area contributed by atoms with E-state index in [1.165, 1.54) is 0 Å². The van der Waals surface area contributed by atoms with Crippen LogP contribution in [0.4, 0.5) is 0 Å². The van der Waals surface area contributed by atoms with Gasteiger partial charge >= 0.3 is 0 Å². The predicted molar refractivity (Wildman–Crippen MR) is 118 cm³/mol. The van der Waals surface area contributed by atoms with Gasteiger partial charge in [0.1, 0.15) is 11.5 Å². The number of methoxy groups -OCH3 is 2. The number of rotatable bonds is 7. The number of β-lactam (4-membered cyclic amide) rings is 1. The molecule has 1 spiro atoms. The van der Waals surface area contributed by atoms with Crippen molar-refractivity contribution in [3.8, 4) is 11.5 Å². The van der Waals surface area contributed by atoms with E-state index in [0.717, 1.165) is 48.4 Å². The molecule has 164 valence electrons. The highest BCUT2D eigenvalue weighted by Crippen LogP contribution is 2.42. The largest absolute Gasteiger partial charge is 0.497 e. The Bertz CT molecular complexity index is 916. The van der Waals surface area contributed by atoms with Gasteiger partial charge in [0.25, 0.3) is 0 Å². The Hall–Kier alpha value is -3.02. The molecule has 6 heteroatoms. The monoisotopic (exact) mass is 422 g/mol. The van der Waals surface area contributed by atoms with E-state index in [4.69, 9.17) is 9.47 Å². The summed E-state index contributed by atoms with van der Waals surface area (Å²) in [5.41, 5.74) is 1.97. The topological polar surface area (TPSA) is 59.1 Å². The van der Waals surface area contributed by atoms with Crippen LogP contribution in [-0.2, 0) is 22.6 Å². The number of ether oxygens (including phenoxy) is 2. The third-order valence-electron chi connectivity index (χ3n) is 6.63. The van der Waals surface area contributed by atoms with Gasteiger partial charge in [-0.2, -0.15) is 0 Å². The van der Waals surface area contributed by atoms with Crippen LogP contribution in [0.15, 0.2) is 48.5 Å². The lowest BCUT2D eigenvalue weighted by Gasteiger charge is -2.52. The minimum absolute atomic E-state index is 0.174. The highest BCUT2D eigenvalue weighted by molar-refractivity contribution is 5.89. The van der Waals surface area contributed by atoms with Gasteiger partial charge in [0, 0.05) is 32.6 Å². The Kier molecular flexibility index (Phi) is 6.16. The van der Waals surface area contributed by atoms with Crippen molar-refractivity contribution in [3.05, 3.63) is 59.7 Å². The van der Waals surface area contributed by atoms with Crippen molar-refractivity contribution in [2.45, 2.75) is 32.2 Å². The summed E-state index contributed by atoms with van der Waals surface area (Å²) in [5, 5.41) is 0. The molecule has 4 rings (SSSR count). The van der Waals surface area contributed by atoms with Crippen LogP contribution in [0.2, 0.25) is 0 Å². The smallest absolute Gasteiger partial charge is 0.231 e. The molecule has 2 amide bonds. The maximum Gasteiger partial charge on any atom is 0.231 e. The van der Waals surface area contributed by atoms with E-state index < -0.39 is 0 Å². The lowest BCUT2D eigenvalue weighted by molar-refractivity contribution is -0.168. The van der Waals surface area contributed by atoms with Gasteiger partial charge < -0.3 is 19.3 Å². The van der Waals surface area contributed by atoms with Gasteiger partial charge in [0.15, 0.2) is 0 Å². The van der Waals surface area contributed by atoms with E-state index in [9.17, 15) is 9.59 Å². The summed E-state index contributed by atoms with van der Waals surface area (Å²) in [6, 6.07) is 15.7. The van der Waals surface area contributed by atoms with Crippen LogP contribution in [-0.4, -0.2) is 55.5 Å². The van der Waals surface area contributed by atoms with Crippen molar-refractivity contribution in [1.82, 2.24) is 9.80 Å². The Labute approximate surface area is 183 Å². The molecule has 0 unspecified atom stereocenters. The molecule has 2 aliphatic heterocycles. The highest BCUT2D eigenvalue weighted by Gasteiger charge is 2.53. The van der Waals surface area contributed by atoms with E-state index in [1.807, 2.05) is 58.3 Å². The van der Waals surface area contributed by atoms with Crippen molar-refractivity contribution < 1.29 is 19.1 Å². The molecule has 0 radical (unpaired) electrons. The van der Waals surface area contributed by atoms with E-state index in [2.05, 4.69) is 0 Å². The van der Waals surface area contributed by atoms with Crippen LogP contribution in [0.5, 0.6) is 11.5 Å². The second-order valence-electron chi connectivity index (χ2n) is 8.52. The fraction of sp³-hybridized carbons (Fsp3) is 0.440. The average Bonchev–Trinajstić information content (AvgIpc) is 2.83. The fourth-order valence-electron chi connectivity index (χ4n) is 4.59. The molecule has 2 aromatic rings.